The highest BCUT2D eigenvalue weighted by Crippen LogP contribution is 2.40. The monoisotopic (exact) mass is 542 g/mol. The molecule has 0 saturated carbocycles. The summed E-state index contributed by atoms with van der Waals surface area (Å²) in [5.41, 5.74) is 6.00. The van der Waals surface area contributed by atoms with Gasteiger partial charge in [0.2, 0.25) is 11.8 Å². The first-order valence-corrected chi connectivity index (χ1v) is 13.2. The van der Waals surface area contributed by atoms with Crippen LogP contribution in [0.5, 0.6) is 11.9 Å². The third-order valence-corrected chi connectivity index (χ3v) is 7.64. The number of benzene rings is 1. The first-order chi connectivity index (χ1) is 19.2. The van der Waals surface area contributed by atoms with E-state index in [4.69, 9.17) is 19.4 Å². The highest BCUT2D eigenvalue weighted by Gasteiger charge is 2.25. The molecule has 4 heterocycles. The molecule has 1 aromatic carbocycles. The molecule has 1 saturated heterocycles. The first-order valence-electron chi connectivity index (χ1n) is 13.2. The van der Waals surface area contributed by atoms with Gasteiger partial charge in [-0.3, -0.25) is 9.78 Å². The van der Waals surface area contributed by atoms with E-state index in [0.29, 0.717) is 18.0 Å². The number of aryl methyl sites for hydroxylation is 1. The Labute approximate surface area is 233 Å². The number of nitrogens with zero attached hydrogens (tertiary/aromatic N) is 6. The molecule has 1 fully saturated rings. The maximum Gasteiger partial charge on any atom is 0.319 e. The Hall–Kier alpha value is -4.31. The Bertz CT molecular complexity index is 1580. The lowest BCUT2D eigenvalue weighted by molar-refractivity contribution is -0.116. The van der Waals surface area contributed by atoms with Gasteiger partial charge in [0.1, 0.15) is 5.82 Å². The van der Waals surface area contributed by atoms with Crippen LogP contribution in [0.15, 0.2) is 42.7 Å². The van der Waals surface area contributed by atoms with Crippen molar-refractivity contribution in [3.05, 3.63) is 59.5 Å². The largest absolute Gasteiger partial charge is 0.480 e. The highest BCUT2D eigenvalue weighted by atomic mass is 16.5. The smallest absolute Gasteiger partial charge is 0.319 e. The van der Waals surface area contributed by atoms with Gasteiger partial charge in [-0.2, -0.15) is 4.98 Å². The molecule has 1 amide bonds. The Morgan fingerprint density at radius 2 is 1.93 bits per heavy atom. The molecule has 5 rings (SSSR count). The molecule has 1 N–H and O–H groups in total. The predicted molar refractivity (Wildman–Crippen MR) is 154 cm³/mol. The quantitative estimate of drug-likeness (QED) is 0.368. The van der Waals surface area contributed by atoms with Crippen LogP contribution in [0.25, 0.3) is 22.0 Å². The lowest BCUT2D eigenvalue weighted by atomic mass is 9.87. The average Bonchev–Trinajstić information content (AvgIpc) is 3.41. The molecule has 1 aliphatic heterocycles. The number of β-amino-alcohol motifs (C(OH)–C–C–N with tert-alkyl or cyclic N) is 1. The second kappa shape index (κ2) is 11.1. The zero-order valence-electron chi connectivity index (χ0n) is 23.7. The van der Waals surface area contributed by atoms with Crippen molar-refractivity contribution in [2.45, 2.75) is 39.2 Å². The molecule has 0 radical (unpaired) electrons. The SMILES string of the molecule is COc1ncc(-c2ccc3ncc(N(C)C(C)=O)c(C(C)c4ccc(N5CCC(O)C5)nc4C)c3c2)c(OC)n1. The van der Waals surface area contributed by atoms with Gasteiger partial charge in [0, 0.05) is 50.3 Å². The van der Waals surface area contributed by atoms with Crippen molar-refractivity contribution < 1.29 is 19.4 Å². The number of aromatic nitrogens is 4. The van der Waals surface area contributed by atoms with Crippen LogP contribution in [0.3, 0.4) is 0 Å². The van der Waals surface area contributed by atoms with Crippen molar-refractivity contribution in [3.8, 4) is 23.0 Å². The molecular formula is C30H34N6O4. The summed E-state index contributed by atoms with van der Waals surface area (Å²) in [5, 5.41) is 10.9. The first kappa shape index (κ1) is 27.3. The molecule has 10 nitrogen and oxygen atoms in total. The molecule has 4 aromatic rings. The average molecular weight is 543 g/mol. The van der Waals surface area contributed by atoms with E-state index in [0.717, 1.165) is 57.8 Å². The maximum atomic E-state index is 12.5. The van der Waals surface area contributed by atoms with Crippen LogP contribution >= 0.6 is 0 Å². The van der Waals surface area contributed by atoms with E-state index in [1.807, 2.05) is 31.2 Å². The number of aliphatic hydroxyl groups excluding tert-OH is 1. The molecule has 1 aliphatic rings. The molecule has 0 spiro atoms. The summed E-state index contributed by atoms with van der Waals surface area (Å²) >= 11 is 0. The topological polar surface area (TPSA) is 114 Å². The number of carbonyl (C=O) groups excluding carboxylic acids is 1. The number of hydrogen-bond acceptors (Lipinski definition) is 9. The second-order valence-corrected chi connectivity index (χ2v) is 10.1. The molecule has 40 heavy (non-hydrogen) atoms. The third kappa shape index (κ3) is 5.02. The van der Waals surface area contributed by atoms with E-state index >= 15 is 0 Å². The summed E-state index contributed by atoms with van der Waals surface area (Å²) in [6.07, 6.45) is 3.86. The number of carbonyl (C=O) groups is 1. The van der Waals surface area contributed by atoms with Gasteiger partial charge in [0.05, 0.1) is 43.3 Å². The van der Waals surface area contributed by atoms with Crippen LogP contribution in [-0.4, -0.2) is 71.4 Å². The summed E-state index contributed by atoms with van der Waals surface area (Å²) in [6, 6.07) is 10.3. The van der Waals surface area contributed by atoms with Gasteiger partial charge in [-0.1, -0.05) is 19.1 Å². The van der Waals surface area contributed by atoms with Crippen LogP contribution in [-0.2, 0) is 4.79 Å². The fourth-order valence-electron chi connectivity index (χ4n) is 5.36. The molecule has 0 aliphatic carbocycles. The second-order valence-electron chi connectivity index (χ2n) is 10.1. The van der Waals surface area contributed by atoms with Gasteiger partial charge in [0.15, 0.2) is 0 Å². The lowest BCUT2D eigenvalue weighted by Crippen LogP contribution is -2.25. The minimum Gasteiger partial charge on any atom is -0.480 e. The van der Waals surface area contributed by atoms with Gasteiger partial charge in [-0.05, 0) is 48.2 Å². The van der Waals surface area contributed by atoms with Crippen LogP contribution in [0.4, 0.5) is 11.5 Å². The number of fused-ring (bicyclic) bond motifs is 1. The van der Waals surface area contributed by atoms with E-state index < -0.39 is 0 Å². The van der Waals surface area contributed by atoms with Crippen molar-refractivity contribution in [1.29, 1.82) is 0 Å². The number of aliphatic hydroxyl groups is 1. The summed E-state index contributed by atoms with van der Waals surface area (Å²) < 4.78 is 10.7. The molecule has 3 aromatic heterocycles. The molecular weight excluding hydrogens is 508 g/mol. The van der Waals surface area contributed by atoms with Gasteiger partial charge in [-0.15, -0.1) is 0 Å². The Balaban J connectivity index is 1.66. The van der Waals surface area contributed by atoms with Crippen molar-refractivity contribution in [2.24, 2.45) is 0 Å². The van der Waals surface area contributed by atoms with Crippen LogP contribution in [0, 0.1) is 6.92 Å². The fraction of sp³-hybridized carbons (Fsp3) is 0.367. The number of ether oxygens (including phenoxy) is 2. The zero-order chi connectivity index (χ0) is 28.6. The number of hydrogen-bond donors (Lipinski definition) is 1. The van der Waals surface area contributed by atoms with E-state index in [9.17, 15) is 9.90 Å². The van der Waals surface area contributed by atoms with Crippen LogP contribution < -0.4 is 19.3 Å². The lowest BCUT2D eigenvalue weighted by Gasteiger charge is -2.26. The van der Waals surface area contributed by atoms with Gasteiger partial charge in [0.25, 0.3) is 0 Å². The highest BCUT2D eigenvalue weighted by molar-refractivity contribution is 5.98. The van der Waals surface area contributed by atoms with E-state index in [2.05, 4.69) is 27.9 Å². The van der Waals surface area contributed by atoms with E-state index in [-0.39, 0.29) is 23.9 Å². The number of amides is 1. The predicted octanol–water partition coefficient (Wildman–Crippen LogP) is 4.12. The molecule has 10 heteroatoms. The maximum absolute atomic E-state index is 12.5. The van der Waals surface area contributed by atoms with E-state index in [1.165, 1.54) is 7.11 Å². The van der Waals surface area contributed by atoms with Crippen molar-refractivity contribution in [3.63, 3.8) is 0 Å². The summed E-state index contributed by atoms with van der Waals surface area (Å²) in [7, 11) is 4.83. The molecule has 0 bridgehead atoms. The number of anilines is 2. The molecule has 208 valence electrons. The van der Waals surface area contributed by atoms with Crippen LogP contribution in [0.1, 0.15) is 43.0 Å². The standard InChI is InChI=1S/C30H34N6O4/c1-17(22-8-10-27(33-18(22)2)36-12-11-21(38)16-36)28-23-13-20(24-14-32-30(40-6)34-29(24)39-5)7-9-25(23)31-15-26(28)35(4)19(3)37/h7-10,13-15,17,21,38H,11-12,16H2,1-6H3. The Morgan fingerprint density at radius 3 is 2.58 bits per heavy atom. The number of methoxy groups -OCH3 is 2. The molecule has 2 unspecified atom stereocenters. The zero-order valence-corrected chi connectivity index (χ0v) is 23.7. The summed E-state index contributed by atoms with van der Waals surface area (Å²) in [6.45, 7) is 7.04. The fourth-order valence-corrected chi connectivity index (χ4v) is 5.36. The molecule has 2 atom stereocenters. The third-order valence-electron chi connectivity index (χ3n) is 7.64. The van der Waals surface area contributed by atoms with Crippen LogP contribution in [0.2, 0.25) is 0 Å². The summed E-state index contributed by atoms with van der Waals surface area (Å²) in [5.74, 6) is 1.05. The van der Waals surface area contributed by atoms with Gasteiger partial charge < -0.3 is 24.4 Å². The summed E-state index contributed by atoms with van der Waals surface area (Å²) in [4.78, 5) is 34.5. The van der Waals surface area contributed by atoms with Gasteiger partial charge in [-0.25, -0.2) is 9.97 Å². The number of pyridine rings is 2. The minimum atomic E-state index is -0.322. The number of rotatable bonds is 7. The van der Waals surface area contributed by atoms with Crippen molar-refractivity contribution in [1.82, 2.24) is 19.9 Å². The van der Waals surface area contributed by atoms with E-state index in [1.54, 1.807) is 38.4 Å². The van der Waals surface area contributed by atoms with Crippen molar-refractivity contribution in [2.75, 3.05) is 44.2 Å². The van der Waals surface area contributed by atoms with Crippen molar-refractivity contribution >= 4 is 28.3 Å². The Morgan fingerprint density at radius 1 is 1.12 bits per heavy atom. The minimum absolute atomic E-state index is 0.0891. The Kier molecular flexibility index (Phi) is 7.53. The normalized spacial score (nSPS) is 15.8. The van der Waals surface area contributed by atoms with Gasteiger partial charge >= 0.3 is 6.01 Å².